The fourth-order valence-corrected chi connectivity index (χ4v) is 2.60. The van der Waals surface area contributed by atoms with Gasteiger partial charge < -0.3 is 4.74 Å². The molecule has 0 saturated carbocycles. The van der Waals surface area contributed by atoms with E-state index < -0.39 is 29.1 Å². The fourth-order valence-electron chi connectivity index (χ4n) is 1.04. The second-order valence-corrected chi connectivity index (χ2v) is 5.78. The average Bonchev–Trinajstić information content (AvgIpc) is 2.34. The van der Waals surface area contributed by atoms with Crippen molar-refractivity contribution in [2.45, 2.75) is 4.90 Å². The molecule has 0 bridgehead atoms. The van der Waals surface area contributed by atoms with E-state index in [1.807, 2.05) is 0 Å². The van der Waals surface area contributed by atoms with Crippen LogP contribution in [0.5, 0.6) is 0 Å². The maximum absolute atomic E-state index is 11.8. The molecule has 0 heterocycles. The number of halogens is 1. The van der Waals surface area contributed by atoms with Crippen molar-refractivity contribution in [3.8, 4) is 6.07 Å². The highest BCUT2D eigenvalue weighted by Crippen LogP contribution is 2.15. The normalized spacial score (nSPS) is 10.7. The predicted molar refractivity (Wildman–Crippen MR) is 65.9 cm³/mol. The highest BCUT2D eigenvalue weighted by molar-refractivity contribution is 9.10. The highest BCUT2D eigenvalue weighted by atomic mass is 79.9. The number of sulfonamides is 1. The molecule has 0 fully saturated rings. The van der Waals surface area contributed by atoms with E-state index in [2.05, 4.69) is 25.4 Å². The second kappa shape index (κ2) is 6.49. The second-order valence-electron chi connectivity index (χ2n) is 3.10. The predicted octanol–water partition coefficient (Wildman–Crippen LogP) is 0.794. The molecule has 0 aliphatic carbocycles. The first kappa shape index (κ1) is 14.6. The zero-order chi connectivity index (χ0) is 13.6. The summed E-state index contributed by atoms with van der Waals surface area (Å²) in [7, 11) is -3.77. The fraction of sp³-hybridized carbons (Fsp3) is 0.200. The lowest BCUT2D eigenvalue weighted by molar-refractivity contribution is -0.140. The number of carbonyl (C=O) groups excluding carboxylic acids is 1. The third-order valence-corrected chi connectivity index (χ3v) is 3.70. The number of rotatable bonds is 5. The van der Waals surface area contributed by atoms with Crippen LogP contribution < -0.4 is 4.72 Å². The molecule has 0 atom stereocenters. The molecule has 1 aromatic carbocycles. The Hall–Kier alpha value is -1.43. The smallest absolute Gasteiger partial charge is 0.322 e. The summed E-state index contributed by atoms with van der Waals surface area (Å²) in [5.74, 6) is -0.810. The van der Waals surface area contributed by atoms with Crippen molar-refractivity contribution in [2.24, 2.45) is 0 Å². The van der Waals surface area contributed by atoms with E-state index in [9.17, 15) is 13.2 Å². The van der Waals surface area contributed by atoms with Gasteiger partial charge >= 0.3 is 5.97 Å². The monoisotopic (exact) mass is 332 g/mol. The van der Waals surface area contributed by atoms with Crippen molar-refractivity contribution >= 4 is 31.9 Å². The van der Waals surface area contributed by atoms with E-state index >= 15 is 0 Å². The van der Waals surface area contributed by atoms with Crippen LogP contribution in [0.1, 0.15) is 0 Å². The number of hydrogen-bond donors (Lipinski definition) is 1. The maximum atomic E-state index is 11.8. The zero-order valence-corrected chi connectivity index (χ0v) is 11.5. The van der Waals surface area contributed by atoms with Gasteiger partial charge in [0, 0.05) is 4.47 Å². The Balaban J connectivity index is 2.66. The zero-order valence-electron chi connectivity index (χ0n) is 9.09. The molecule has 0 radical (unpaired) electrons. The molecule has 6 nitrogen and oxygen atoms in total. The number of nitrogens with one attached hydrogen (secondary N) is 1. The molecule has 0 unspecified atom stereocenters. The topological polar surface area (TPSA) is 96.3 Å². The van der Waals surface area contributed by atoms with Crippen LogP contribution in [0.2, 0.25) is 0 Å². The maximum Gasteiger partial charge on any atom is 0.322 e. The molecule has 1 aromatic rings. The molecule has 0 spiro atoms. The van der Waals surface area contributed by atoms with Gasteiger partial charge in [-0.1, -0.05) is 22.0 Å². The van der Waals surface area contributed by atoms with E-state index in [1.165, 1.54) is 12.1 Å². The number of hydrogen-bond acceptors (Lipinski definition) is 5. The summed E-state index contributed by atoms with van der Waals surface area (Å²) in [6.07, 6.45) is 0. The Morgan fingerprint density at radius 1 is 1.50 bits per heavy atom. The largest absolute Gasteiger partial charge is 0.449 e. The molecule has 1 N–H and O–H groups in total. The van der Waals surface area contributed by atoms with Gasteiger partial charge in [0.15, 0.2) is 6.61 Å². The third kappa shape index (κ3) is 4.44. The summed E-state index contributed by atoms with van der Waals surface area (Å²) in [5.41, 5.74) is 0. The highest BCUT2D eigenvalue weighted by Gasteiger charge is 2.16. The van der Waals surface area contributed by atoms with Crippen LogP contribution >= 0.6 is 15.9 Å². The molecule has 0 saturated heterocycles. The minimum absolute atomic E-state index is 0.0324. The standard InChI is InChI=1S/C10H9BrN2O4S/c11-8-2-1-3-9(6-8)18(15,16)13-7-10(14)17-5-4-12/h1-3,6,13H,5,7H2. The van der Waals surface area contributed by atoms with Crippen molar-refractivity contribution < 1.29 is 17.9 Å². The van der Waals surface area contributed by atoms with Crippen molar-refractivity contribution in [1.29, 1.82) is 5.26 Å². The summed E-state index contributed by atoms with van der Waals surface area (Å²) >= 11 is 3.15. The lowest BCUT2D eigenvalue weighted by atomic mass is 10.4. The molecule has 8 heteroatoms. The number of nitriles is 1. The van der Waals surface area contributed by atoms with E-state index in [1.54, 1.807) is 18.2 Å². The summed E-state index contributed by atoms with van der Waals surface area (Å²) < 4.78 is 30.6. The van der Waals surface area contributed by atoms with Crippen LogP contribution in [0.3, 0.4) is 0 Å². The van der Waals surface area contributed by atoms with Crippen LogP contribution in [0.15, 0.2) is 33.6 Å². The van der Waals surface area contributed by atoms with Gasteiger partial charge in [-0.15, -0.1) is 0 Å². The van der Waals surface area contributed by atoms with Gasteiger partial charge in [-0.05, 0) is 18.2 Å². The van der Waals surface area contributed by atoms with Crippen molar-refractivity contribution in [3.05, 3.63) is 28.7 Å². The van der Waals surface area contributed by atoms with E-state index in [0.29, 0.717) is 4.47 Å². The average molecular weight is 333 g/mol. The Morgan fingerprint density at radius 3 is 2.83 bits per heavy atom. The summed E-state index contributed by atoms with van der Waals surface area (Å²) in [6.45, 7) is -0.923. The summed E-state index contributed by atoms with van der Waals surface area (Å²) in [4.78, 5) is 11.1. The molecule has 18 heavy (non-hydrogen) atoms. The van der Waals surface area contributed by atoms with Gasteiger partial charge in [-0.3, -0.25) is 4.79 Å². The Morgan fingerprint density at radius 2 is 2.22 bits per heavy atom. The Labute approximate surface area is 113 Å². The SMILES string of the molecule is N#CCOC(=O)CNS(=O)(=O)c1cccc(Br)c1. The quantitative estimate of drug-likeness (QED) is 0.804. The van der Waals surface area contributed by atoms with Crippen LogP contribution in [0.4, 0.5) is 0 Å². The van der Waals surface area contributed by atoms with Gasteiger partial charge in [-0.25, -0.2) is 8.42 Å². The van der Waals surface area contributed by atoms with Crippen molar-refractivity contribution in [2.75, 3.05) is 13.2 Å². The van der Waals surface area contributed by atoms with Crippen LogP contribution in [-0.2, 0) is 19.6 Å². The minimum atomic E-state index is -3.77. The first-order valence-electron chi connectivity index (χ1n) is 4.73. The number of benzene rings is 1. The van der Waals surface area contributed by atoms with E-state index in [4.69, 9.17) is 5.26 Å². The van der Waals surface area contributed by atoms with Gasteiger partial charge in [-0.2, -0.15) is 9.98 Å². The minimum Gasteiger partial charge on any atom is -0.449 e. The van der Waals surface area contributed by atoms with Gasteiger partial charge in [0.25, 0.3) is 0 Å². The molecule has 0 aromatic heterocycles. The van der Waals surface area contributed by atoms with Crippen LogP contribution in [0, 0.1) is 11.3 Å². The molecular weight excluding hydrogens is 324 g/mol. The van der Waals surface area contributed by atoms with Crippen LogP contribution in [0.25, 0.3) is 0 Å². The summed E-state index contributed by atoms with van der Waals surface area (Å²) in [5, 5.41) is 8.18. The van der Waals surface area contributed by atoms with Crippen molar-refractivity contribution in [1.82, 2.24) is 4.72 Å². The van der Waals surface area contributed by atoms with Crippen LogP contribution in [-0.4, -0.2) is 27.5 Å². The Bertz CT molecular complexity index is 580. The first-order chi connectivity index (χ1) is 8.45. The van der Waals surface area contributed by atoms with Gasteiger partial charge in [0.1, 0.15) is 12.6 Å². The van der Waals surface area contributed by atoms with E-state index in [-0.39, 0.29) is 4.90 Å². The summed E-state index contributed by atoms with van der Waals surface area (Å²) in [6, 6.07) is 7.65. The van der Waals surface area contributed by atoms with E-state index in [0.717, 1.165) is 0 Å². The number of carbonyl (C=O) groups is 1. The lowest BCUT2D eigenvalue weighted by Gasteiger charge is -2.06. The van der Waals surface area contributed by atoms with Crippen molar-refractivity contribution in [3.63, 3.8) is 0 Å². The molecule has 96 valence electrons. The molecule has 0 aliphatic heterocycles. The molecular formula is C10H9BrN2O4S. The molecule has 1 rings (SSSR count). The number of nitrogens with zero attached hydrogens (tertiary/aromatic N) is 1. The van der Waals surface area contributed by atoms with Gasteiger partial charge in [0.2, 0.25) is 10.0 Å². The van der Waals surface area contributed by atoms with Gasteiger partial charge in [0.05, 0.1) is 4.90 Å². The molecule has 0 aliphatic rings. The number of esters is 1. The lowest BCUT2D eigenvalue weighted by Crippen LogP contribution is -2.30. The Kier molecular flexibility index (Phi) is 5.27. The first-order valence-corrected chi connectivity index (χ1v) is 7.01. The number of ether oxygens (including phenoxy) is 1. The molecule has 0 amide bonds. The third-order valence-electron chi connectivity index (χ3n) is 1.81.